The Balaban J connectivity index is 0.000000212. The molecule has 4 aromatic rings. The van der Waals surface area contributed by atoms with Crippen LogP contribution in [0.5, 0.6) is 11.5 Å². The molecular formula is C47H64N4O4. The smallest absolute Gasteiger partial charge is 0.407 e. The largest absolute Gasteiger partial charge is 0.489 e. The maximum Gasteiger partial charge on any atom is 0.407 e. The van der Waals surface area contributed by atoms with E-state index in [9.17, 15) is 9.90 Å². The van der Waals surface area contributed by atoms with Crippen LogP contribution in [0.1, 0.15) is 77.3 Å². The van der Waals surface area contributed by atoms with Crippen molar-refractivity contribution >= 4 is 17.5 Å². The first-order valence-electron chi connectivity index (χ1n) is 20.5. The van der Waals surface area contributed by atoms with Crippen LogP contribution in [-0.2, 0) is 13.2 Å². The number of ether oxygens (including phenoxy) is 2. The molecule has 2 aliphatic heterocycles. The number of nitrogens with zero attached hydrogens (tertiary/aromatic N) is 3. The van der Waals surface area contributed by atoms with Crippen molar-refractivity contribution in [3.05, 3.63) is 120 Å². The minimum Gasteiger partial charge on any atom is -0.489 e. The number of rotatable bonds is 16. The van der Waals surface area contributed by atoms with Crippen molar-refractivity contribution in [2.75, 3.05) is 49.1 Å². The first kappa shape index (κ1) is 41.5. The fourth-order valence-corrected chi connectivity index (χ4v) is 7.28. The molecule has 2 aliphatic rings. The highest BCUT2D eigenvalue weighted by molar-refractivity contribution is 5.65. The standard InChI is InChI=1S/C24H32N2O3.C23H32N2O/c1-19(2)12-17-26(22-13-15-25(16-14-22)24(27)28)21-8-10-23(11-9-21)29-18-20-6-4-3-5-7-20;1-19(2)14-17-25(22-12-15-24-16-13-22)21-8-10-23(11-9-21)26-18-20-6-4-3-5-7-20/h3-11,19,22H,12-18H2,1-2H3,(H,27,28);3-11,19,22,24H,12-18H2,1-2H3. The topological polar surface area (TPSA) is 77.5 Å². The lowest BCUT2D eigenvalue weighted by Crippen LogP contribution is -2.47. The first-order valence-corrected chi connectivity index (χ1v) is 20.5. The fraction of sp³-hybridized carbons (Fsp3) is 0.468. The highest BCUT2D eigenvalue weighted by Gasteiger charge is 2.27. The molecule has 8 nitrogen and oxygen atoms in total. The molecule has 1 amide bonds. The summed E-state index contributed by atoms with van der Waals surface area (Å²) in [6, 6.07) is 38.5. The molecule has 2 fully saturated rings. The van der Waals surface area contributed by atoms with Gasteiger partial charge in [0.15, 0.2) is 0 Å². The van der Waals surface area contributed by atoms with Gasteiger partial charge in [0, 0.05) is 49.6 Å². The van der Waals surface area contributed by atoms with Gasteiger partial charge in [-0.15, -0.1) is 0 Å². The van der Waals surface area contributed by atoms with Gasteiger partial charge < -0.3 is 34.6 Å². The number of anilines is 2. The van der Waals surface area contributed by atoms with Crippen LogP contribution in [0.2, 0.25) is 0 Å². The zero-order valence-electron chi connectivity index (χ0n) is 33.6. The van der Waals surface area contributed by atoms with Gasteiger partial charge in [-0.3, -0.25) is 0 Å². The van der Waals surface area contributed by atoms with Crippen molar-refractivity contribution in [1.29, 1.82) is 0 Å². The molecule has 2 heterocycles. The minimum atomic E-state index is -0.808. The van der Waals surface area contributed by atoms with E-state index in [1.165, 1.54) is 41.1 Å². The molecule has 2 saturated heterocycles. The normalized spacial score (nSPS) is 15.0. The summed E-state index contributed by atoms with van der Waals surface area (Å²) in [6.45, 7) is 15.9. The van der Waals surface area contributed by atoms with E-state index in [1.54, 1.807) is 0 Å². The van der Waals surface area contributed by atoms with Gasteiger partial charge in [0.25, 0.3) is 0 Å². The molecule has 0 saturated carbocycles. The number of benzene rings is 4. The number of nitrogens with one attached hydrogen (secondary N) is 1. The summed E-state index contributed by atoms with van der Waals surface area (Å²) in [5.41, 5.74) is 4.86. The van der Waals surface area contributed by atoms with Gasteiger partial charge in [0.1, 0.15) is 24.7 Å². The van der Waals surface area contributed by atoms with E-state index in [0.717, 1.165) is 68.4 Å². The molecule has 0 radical (unpaired) electrons. The SMILES string of the molecule is CC(C)CCN(c1ccc(OCc2ccccc2)cc1)C1CCN(C(=O)O)CC1.CC(C)CCN(c1ccc(OCc2ccccc2)cc1)C1CCNCC1. The van der Waals surface area contributed by atoms with Crippen LogP contribution < -0.4 is 24.6 Å². The van der Waals surface area contributed by atoms with Crippen molar-refractivity contribution in [2.45, 2.75) is 91.5 Å². The molecule has 0 aliphatic carbocycles. The number of hydrogen-bond acceptors (Lipinski definition) is 6. The third-order valence-corrected chi connectivity index (χ3v) is 10.7. The quantitative estimate of drug-likeness (QED) is 0.118. The lowest BCUT2D eigenvalue weighted by molar-refractivity contribution is 0.131. The molecule has 6 rings (SSSR count). The van der Waals surface area contributed by atoms with Crippen molar-refractivity contribution in [3.63, 3.8) is 0 Å². The molecule has 0 spiro atoms. The molecule has 0 atom stereocenters. The summed E-state index contributed by atoms with van der Waals surface area (Å²) in [6.07, 6.45) is 5.74. The number of carboxylic acid groups (broad SMARTS) is 1. The first-order chi connectivity index (χ1) is 26.7. The number of likely N-dealkylation sites (tertiary alicyclic amines) is 1. The zero-order valence-corrected chi connectivity index (χ0v) is 33.6. The lowest BCUT2D eigenvalue weighted by atomic mass is 10.0. The maximum absolute atomic E-state index is 11.2. The number of amides is 1. The molecule has 55 heavy (non-hydrogen) atoms. The fourth-order valence-electron chi connectivity index (χ4n) is 7.28. The summed E-state index contributed by atoms with van der Waals surface area (Å²) < 4.78 is 11.9. The second-order valence-corrected chi connectivity index (χ2v) is 15.8. The van der Waals surface area contributed by atoms with Gasteiger partial charge in [0.2, 0.25) is 0 Å². The molecule has 2 N–H and O–H groups in total. The molecule has 4 aromatic carbocycles. The Hall–Kier alpha value is -4.69. The highest BCUT2D eigenvalue weighted by Crippen LogP contribution is 2.28. The Labute approximate surface area is 330 Å². The van der Waals surface area contributed by atoms with Crippen LogP contribution in [0.25, 0.3) is 0 Å². The van der Waals surface area contributed by atoms with Crippen LogP contribution in [0, 0.1) is 11.8 Å². The number of hydrogen-bond donors (Lipinski definition) is 2. The molecule has 296 valence electrons. The van der Waals surface area contributed by atoms with E-state index in [4.69, 9.17) is 9.47 Å². The summed E-state index contributed by atoms with van der Waals surface area (Å²) >= 11 is 0. The Morgan fingerprint density at radius 1 is 0.636 bits per heavy atom. The zero-order chi connectivity index (χ0) is 38.8. The summed E-state index contributed by atoms with van der Waals surface area (Å²) in [4.78, 5) is 17.8. The third-order valence-electron chi connectivity index (χ3n) is 10.7. The number of piperidine rings is 2. The lowest BCUT2D eigenvalue weighted by Gasteiger charge is -2.39. The average Bonchev–Trinajstić information content (AvgIpc) is 3.22. The van der Waals surface area contributed by atoms with Gasteiger partial charge in [-0.2, -0.15) is 0 Å². The summed E-state index contributed by atoms with van der Waals surface area (Å²) in [5, 5.41) is 12.7. The van der Waals surface area contributed by atoms with E-state index in [1.807, 2.05) is 48.5 Å². The van der Waals surface area contributed by atoms with E-state index in [-0.39, 0.29) is 0 Å². The van der Waals surface area contributed by atoms with E-state index in [0.29, 0.717) is 44.3 Å². The van der Waals surface area contributed by atoms with Crippen molar-refractivity contribution in [1.82, 2.24) is 10.2 Å². The van der Waals surface area contributed by atoms with Crippen LogP contribution in [0.3, 0.4) is 0 Å². The van der Waals surface area contributed by atoms with Crippen LogP contribution in [0.15, 0.2) is 109 Å². The van der Waals surface area contributed by atoms with Crippen LogP contribution in [0.4, 0.5) is 16.2 Å². The average molecular weight is 749 g/mol. The summed E-state index contributed by atoms with van der Waals surface area (Å²) in [7, 11) is 0. The predicted molar refractivity (Wildman–Crippen MR) is 227 cm³/mol. The number of carbonyl (C=O) groups is 1. The van der Waals surface area contributed by atoms with Gasteiger partial charge >= 0.3 is 6.09 Å². The van der Waals surface area contributed by atoms with Crippen LogP contribution >= 0.6 is 0 Å². The Bertz CT molecular complexity index is 1640. The van der Waals surface area contributed by atoms with Gasteiger partial charge in [-0.1, -0.05) is 88.4 Å². The molecule has 0 bridgehead atoms. The van der Waals surface area contributed by atoms with E-state index in [2.05, 4.69) is 103 Å². The second-order valence-electron chi connectivity index (χ2n) is 15.8. The van der Waals surface area contributed by atoms with Gasteiger partial charge in [-0.25, -0.2) is 4.79 Å². The van der Waals surface area contributed by atoms with Crippen molar-refractivity contribution < 1.29 is 19.4 Å². The Morgan fingerprint density at radius 3 is 1.42 bits per heavy atom. The maximum atomic E-state index is 11.2. The van der Waals surface area contributed by atoms with E-state index >= 15 is 0 Å². The van der Waals surface area contributed by atoms with Crippen molar-refractivity contribution in [2.24, 2.45) is 11.8 Å². The van der Waals surface area contributed by atoms with Gasteiger partial charge in [0.05, 0.1) is 0 Å². The third kappa shape index (κ3) is 13.8. The second kappa shape index (κ2) is 22.0. The summed E-state index contributed by atoms with van der Waals surface area (Å²) in [5.74, 6) is 3.16. The van der Waals surface area contributed by atoms with Crippen molar-refractivity contribution in [3.8, 4) is 11.5 Å². The Kier molecular flexibility index (Phi) is 16.6. The monoisotopic (exact) mass is 748 g/mol. The Morgan fingerprint density at radius 2 is 1.04 bits per heavy atom. The highest BCUT2D eigenvalue weighted by atomic mass is 16.5. The van der Waals surface area contributed by atoms with E-state index < -0.39 is 6.09 Å². The van der Waals surface area contributed by atoms with Gasteiger partial charge in [-0.05, 0) is 123 Å². The molecule has 0 unspecified atom stereocenters. The molecular weight excluding hydrogens is 685 g/mol. The molecule has 0 aromatic heterocycles. The minimum absolute atomic E-state index is 0.375. The predicted octanol–water partition coefficient (Wildman–Crippen LogP) is 10.1. The van der Waals surface area contributed by atoms with Crippen LogP contribution in [-0.4, -0.2) is 67.5 Å². The molecule has 8 heteroatoms.